The number of unbranched alkanes of at least 4 members (excludes halogenated alkanes) is 1. The molecule has 0 unspecified atom stereocenters. The summed E-state index contributed by atoms with van der Waals surface area (Å²) in [5.74, 6) is -0.478. The Balaban J connectivity index is 2.49. The molecule has 0 aliphatic heterocycles. The van der Waals surface area contributed by atoms with Gasteiger partial charge in [0.1, 0.15) is 5.69 Å². The van der Waals surface area contributed by atoms with Crippen LogP contribution >= 0.6 is 0 Å². The van der Waals surface area contributed by atoms with E-state index in [0.29, 0.717) is 23.0 Å². The van der Waals surface area contributed by atoms with Crippen molar-refractivity contribution in [3.63, 3.8) is 0 Å². The molecule has 1 aromatic carbocycles. The number of H-pyrrole nitrogens is 1. The van der Waals surface area contributed by atoms with Gasteiger partial charge in [0.05, 0.1) is 6.61 Å². The van der Waals surface area contributed by atoms with E-state index in [4.69, 9.17) is 4.74 Å². The van der Waals surface area contributed by atoms with Crippen LogP contribution in [0.1, 0.15) is 42.7 Å². The third-order valence-corrected chi connectivity index (χ3v) is 3.81. The van der Waals surface area contributed by atoms with E-state index in [1.807, 2.05) is 19.2 Å². The lowest BCUT2D eigenvalue weighted by Gasteiger charge is -2.18. The lowest BCUT2D eigenvalue weighted by Crippen LogP contribution is -2.27. The number of ether oxygens (including phenoxy) is 1. The van der Waals surface area contributed by atoms with Crippen molar-refractivity contribution in [1.82, 2.24) is 9.88 Å². The minimum Gasteiger partial charge on any atom is -0.461 e. The first-order valence-electron chi connectivity index (χ1n) is 8.08. The summed E-state index contributed by atoms with van der Waals surface area (Å²) < 4.78 is 5.11. The second kappa shape index (κ2) is 7.92. The lowest BCUT2D eigenvalue weighted by molar-refractivity contribution is 0.0517. The first-order chi connectivity index (χ1) is 11.1. The van der Waals surface area contributed by atoms with Crippen molar-refractivity contribution < 1.29 is 9.53 Å². The largest absolute Gasteiger partial charge is 0.461 e. The van der Waals surface area contributed by atoms with E-state index in [1.165, 1.54) is 0 Å². The summed E-state index contributed by atoms with van der Waals surface area (Å²) in [6, 6.07) is 7.23. The number of aromatic nitrogens is 1. The van der Waals surface area contributed by atoms with Crippen LogP contribution < -0.4 is 5.43 Å². The summed E-state index contributed by atoms with van der Waals surface area (Å²) in [6.07, 6.45) is 2.14. The summed E-state index contributed by atoms with van der Waals surface area (Å²) >= 11 is 0. The number of rotatable bonds is 7. The molecule has 23 heavy (non-hydrogen) atoms. The van der Waals surface area contributed by atoms with Crippen LogP contribution in [0.3, 0.4) is 0 Å². The molecule has 1 heterocycles. The Morgan fingerprint density at radius 2 is 2.00 bits per heavy atom. The van der Waals surface area contributed by atoms with Gasteiger partial charge in [0.15, 0.2) is 5.43 Å². The lowest BCUT2D eigenvalue weighted by atomic mass is 10.1. The third kappa shape index (κ3) is 3.99. The van der Waals surface area contributed by atoms with Gasteiger partial charge in [-0.25, -0.2) is 4.79 Å². The highest BCUT2D eigenvalue weighted by Gasteiger charge is 2.19. The monoisotopic (exact) mass is 316 g/mol. The molecule has 0 fully saturated rings. The SMILES string of the molecule is CCCCN(C)Cc1c(C(=O)OCC)[nH]c2ccccc2c1=O. The average molecular weight is 316 g/mol. The Hall–Kier alpha value is -2.14. The van der Waals surface area contributed by atoms with E-state index >= 15 is 0 Å². The van der Waals surface area contributed by atoms with Crippen LogP contribution in [0, 0.1) is 0 Å². The zero-order valence-electron chi connectivity index (χ0n) is 14.0. The second-order valence-corrected chi connectivity index (χ2v) is 5.67. The molecule has 0 aliphatic rings. The molecule has 5 nitrogen and oxygen atoms in total. The summed E-state index contributed by atoms with van der Waals surface area (Å²) in [6.45, 7) is 5.46. The van der Waals surface area contributed by atoms with Crippen molar-refractivity contribution in [2.75, 3.05) is 20.2 Å². The molecule has 2 rings (SSSR count). The van der Waals surface area contributed by atoms with Crippen molar-refractivity contribution >= 4 is 16.9 Å². The van der Waals surface area contributed by atoms with Crippen LogP contribution in [0.5, 0.6) is 0 Å². The Labute approximate surface area is 136 Å². The number of esters is 1. The Morgan fingerprint density at radius 1 is 1.26 bits per heavy atom. The summed E-state index contributed by atoms with van der Waals surface area (Å²) in [5, 5.41) is 0.597. The molecule has 0 aliphatic carbocycles. The predicted octanol–water partition coefficient (Wildman–Crippen LogP) is 2.94. The first kappa shape index (κ1) is 17.2. The highest BCUT2D eigenvalue weighted by atomic mass is 16.5. The fourth-order valence-electron chi connectivity index (χ4n) is 2.58. The number of carbonyl (C=O) groups excluding carboxylic acids is 1. The van der Waals surface area contributed by atoms with E-state index in [2.05, 4.69) is 16.8 Å². The number of benzene rings is 1. The smallest absolute Gasteiger partial charge is 0.355 e. The molecule has 1 aromatic heterocycles. The maximum Gasteiger partial charge on any atom is 0.355 e. The molecule has 0 saturated heterocycles. The first-order valence-corrected chi connectivity index (χ1v) is 8.08. The van der Waals surface area contributed by atoms with E-state index in [-0.39, 0.29) is 17.7 Å². The van der Waals surface area contributed by atoms with E-state index in [0.717, 1.165) is 19.4 Å². The van der Waals surface area contributed by atoms with Gasteiger partial charge < -0.3 is 14.6 Å². The van der Waals surface area contributed by atoms with Gasteiger partial charge in [-0.05, 0) is 39.1 Å². The number of aromatic amines is 1. The van der Waals surface area contributed by atoms with E-state index in [1.54, 1.807) is 19.1 Å². The summed E-state index contributed by atoms with van der Waals surface area (Å²) in [7, 11) is 1.96. The molecule has 124 valence electrons. The van der Waals surface area contributed by atoms with Crippen molar-refractivity contribution in [2.24, 2.45) is 0 Å². The van der Waals surface area contributed by atoms with Gasteiger partial charge in [-0.2, -0.15) is 0 Å². The molecule has 1 N–H and O–H groups in total. The number of nitrogens with one attached hydrogen (secondary N) is 1. The van der Waals surface area contributed by atoms with Crippen LogP contribution in [-0.4, -0.2) is 36.1 Å². The van der Waals surface area contributed by atoms with Gasteiger partial charge in [0.2, 0.25) is 0 Å². The normalized spacial score (nSPS) is 11.1. The maximum absolute atomic E-state index is 12.8. The molecule has 0 atom stereocenters. The number of pyridine rings is 1. The molecule has 0 bridgehead atoms. The highest BCUT2D eigenvalue weighted by molar-refractivity contribution is 5.92. The zero-order valence-corrected chi connectivity index (χ0v) is 14.0. The van der Waals surface area contributed by atoms with Gasteiger partial charge in [-0.1, -0.05) is 25.5 Å². The molecule has 0 radical (unpaired) electrons. The number of hydrogen-bond donors (Lipinski definition) is 1. The van der Waals surface area contributed by atoms with Crippen molar-refractivity contribution in [3.8, 4) is 0 Å². The zero-order chi connectivity index (χ0) is 16.8. The summed E-state index contributed by atoms with van der Waals surface area (Å²) in [4.78, 5) is 30.2. The Bertz CT molecular complexity index is 737. The fraction of sp³-hybridized carbons (Fsp3) is 0.444. The number of nitrogens with zero attached hydrogens (tertiary/aromatic N) is 1. The van der Waals surface area contributed by atoms with Crippen LogP contribution in [0.4, 0.5) is 0 Å². The van der Waals surface area contributed by atoms with Crippen molar-refractivity contribution in [2.45, 2.75) is 33.2 Å². The van der Waals surface area contributed by atoms with Crippen molar-refractivity contribution in [3.05, 3.63) is 45.7 Å². The standard InChI is InChI=1S/C18H24N2O3/c1-4-6-11-20(3)12-14-16(18(22)23-5-2)19-15-10-8-7-9-13(15)17(14)21/h7-10H,4-6,11-12H2,1-3H3,(H,19,21). The van der Waals surface area contributed by atoms with Crippen LogP contribution in [0.2, 0.25) is 0 Å². The fourth-order valence-corrected chi connectivity index (χ4v) is 2.58. The number of para-hydroxylation sites is 1. The second-order valence-electron chi connectivity index (χ2n) is 5.67. The molecule has 2 aromatic rings. The Morgan fingerprint density at radius 3 is 2.70 bits per heavy atom. The predicted molar refractivity (Wildman–Crippen MR) is 91.8 cm³/mol. The minimum absolute atomic E-state index is 0.106. The molecule has 5 heteroatoms. The maximum atomic E-state index is 12.8. The van der Waals surface area contributed by atoms with E-state index in [9.17, 15) is 9.59 Å². The van der Waals surface area contributed by atoms with Gasteiger partial charge in [-0.15, -0.1) is 0 Å². The number of hydrogen-bond acceptors (Lipinski definition) is 4. The van der Waals surface area contributed by atoms with Gasteiger partial charge >= 0.3 is 5.97 Å². The number of fused-ring (bicyclic) bond motifs is 1. The van der Waals surface area contributed by atoms with E-state index < -0.39 is 5.97 Å². The van der Waals surface area contributed by atoms with Gasteiger partial charge in [0.25, 0.3) is 0 Å². The Kier molecular flexibility index (Phi) is 5.93. The molecular formula is C18H24N2O3. The molecular weight excluding hydrogens is 292 g/mol. The number of carbonyl (C=O) groups is 1. The summed E-state index contributed by atoms with van der Waals surface area (Å²) in [5.41, 5.74) is 1.28. The topological polar surface area (TPSA) is 62.4 Å². The highest BCUT2D eigenvalue weighted by Crippen LogP contribution is 2.14. The third-order valence-electron chi connectivity index (χ3n) is 3.81. The van der Waals surface area contributed by atoms with Gasteiger partial charge in [-0.3, -0.25) is 4.79 Å². The quantitative estimate of drug-likeness (QED) is 0.798. The van der Waals surface area contributed by atoms with Crippen LogP contribution in [0.15, 0.2) is 29.1 Å². The molecule has 0 saturated carbocycles. The van der Waals surface area contributed by atoms with Crippen LogP contribution in [0.25, 0.3) is 10.9 Å². The molecule has 0 amide bonds. The molecule has 0 spiro atoms. The van der Waals surface area contributed by atoms with Crippen LogP contribution in [-0.2, 0) is 11.3 Å². The average Bonchev–Trinajstić information content (AvgIpc) is 2.55. The minimum atomic E-state index is -0.478. The van der Waals surface area contributed by atoms with Gasteiger partial charge in [0, 0.05) is 23.0 Å². The van der Waals surface area contributed by atoms with Crippen molar-refractivity contribution in [1.29, 1.82) is 0 Å².